The number of hydrogen-bond donors (Lipinski definition) is 0. The fourth-order valence-corrected chi connectivity index (χ4v) is 9.02. The van der Waals surface area contributed by atoms with E-state index in [2.05, 4.69) is 164 Å². The van der Waals surface area contributed by atoms with Crippen molar-refractivity contribution in [2.24, 2.45) is 0 Å². The maximum absolute atomic E-state index is 5.23. The van der Waals surface area contributed by atoms with Crippen molar-refractivity contribution >= 4 is 53.2 Å². The van der Waals surface area contributed by atoms with Crippen molar-refractivity contribution in [3.05, 3.63) is 176 Å². The first-order valence-electron chi connectivity index (χ1n) is 17.3. The molecule has 0 fully saturated rings. The van der Waals surface area contributed by atoms with E-state index in [0.29, 0.717) is 0 Å². The van der Waals surface area contributed by atoms with E-state index in [1.807, 2.05) is 12.1 Å². The molecule has 0 radical (unpaired) electrons. The Morgan fingerprint density at radius 3 is 1.50 bits per heavy atom. The van der Waals surface area contributed by atoms with Crippen LogP contribution in [0.2, 0.25) is 0 Å². The van der Waals surface area contributed by atoms with Gasteiger partial charge in [0.25, 0.3) is 0 Å². The predicted molar refractivity (Wildman–Crippen MR) is 221 cm³/mol. The number of rotatable bonds is 6. The molecule has 0 N–H and O–H groups in total. The van der Waals surface area contributed by atoms with Gasteiger partial charge < -0.3 is 0 Å². The zero-order chi connectivity index (χ0) is 34.4. The number of fused-ring (bicyclic) bond motifs is 4. The Kier molecular flexibility index (Phi) is 7.52. The number of hydrogen-bond acceptors (Lipinski definition) is 5. The third kappa shape index (κ3) is 5.57. The molecule has 3 nitrogen and oxygen atoms in total. The van der Waals surface area contributed by atoms with Gasteiger partial charge in [-0.2, -0.15) is 0 Å². The van der Waals surface area contributed by atoms with Crippen LogP contribution < -0.4 is 0 Å². The summed E-state index contributed by atoms with van der Waals surface area (Å²) in [5, 5.41) is 3.35. The van der Waals surface area contributed by atoms with Gasteiger partial charge in [-0.1, -0.05) is 133 Å². The minimum Gasteiger partial charge on any atom is -0.236 e. The third-order valence-electron chi connectivity index (χ3n) is 9.54. The Labute approximate surface area is 309 Å². The van der Waals surface area contributed by atoms with E-state index < -0.39 is 0 Å². The van der Waals surface area contributed by atoms with Gasteiger partial charge in [-0.15, -0.1) is 22.7 Å². The molecule has 10 aromatic rings. The van der Waals surface area contributed by atoms with Crippen LogP contribution in [0.1, 0.15) is 0 Å². The average Bonchev–Trinajstić information content (AvgIpc) is 3.83. The molecule has 0 spiro atoms. The summed E-state index contributed by atoms with van der Waals surface area (Å²) in [5.41, 5.74) is 12.2. The lowest BCUT2D eigenvalue weighted by Gasteiger charge is -2.11. The maximum atomic E-state index is 5.23. The normalized spacial score (nSPS) is 11.5. The van der Waals surface area contributed by atoms with Crippen molar-refractivity contribution < 1.29 is 0 Å². The highest BCUT2D eigenvalue weighted by Gasteiger charge is 2.17. The molecule has 0 aliphatic heterocycles. The second kappa shape index (κ2) is 12.8. The predicted octanol–water partition coefficient (Wildman–Crippen LogP) is 13.5. The van der Waals surface area contributed by atoms with Crippen LogP contribution in [0.5, 0.6) is 0 Å². The monoisotopic (exact) mass is 699 g/mol. The lowest BCUT2D eigenvalue weighted by atomic mass is 9.95. The number of aromatic nitrogens is 3. The summed E-state index contributed by atoms with van der Waals surface area (Å²) in [6, 6.07) is 62.2. The van der Waals surface area contributed by atoms with Gasteiger partial charge in [-0.3, -0.25) is 0 Å². The van der Waals surface area contributed by atoms with Crippen LogP contribution in [-0.2, 0) is 0 Å². The standard InChI is InChI=1S/C47H29N3S2/c1-2-12-30(13-3-1)44-43-39-22-4-6-24-41(39)51-47(43)50-45(49-44)37-20-10-18-35(28-37)33-16-8-14-31(26-33)32-15-9-17-34(27-32)36-19-11-21-38(29-36)46-48-40-23-5-7-25-42(40)52-46/h1-29H. The molecule has 52 heavy (non-hydrogen) atoms. The van der Waals surface area contributed by atoms with Crippen molar-refractivity contribution in [3.63, 3.8) is 0 Å². The summed E-state index contributed by atoms with van der Waals surface area (Å²) in [4.78, 5) is 16.3. The molecule has 0 saturated carbocycles. The smallest absolute Gasteiger partial charge is 0.161 e. The van der Waals surface area contributed by atoms with Crippen LogP contribution in [-0.4, -0.2) is 15.0 Å². The van der Waals surface area contributed by atoms with Crippen LogP contribution in [0, 0.1) is 0 Å². The highest BCUT2D eigenvalue weighted by atomic mass is 32.1. The van der Waals surface area contributed by atoms with Gasteiger partial charge in [-0.05, 0) is 75.8 Å². The zero-order valence-corrected chi connectivity index (χ0v) is 29.5. The number of thiophene rings is 1. The SMILES string of the molecule is c1ccc(-c2nc(-c3cccc(-c4cccc(-c5cccc(-c6cccc(-c7nc8ccccc8s7)c6)c5)c4)c3)nc3sc4ccccc4c23)cc1. The van der Waals surface area contributed by atoms with Crippen LogP contribution in [0.15, 0.2) is 176 Å². The molecule has 0 amide bonds. The van der Waals surface area contributed by atoms with Crippen molar-refractivity contribution in [2.75, 3.05) is 0 Å². The molecule has 10 rings (SSSR count). The van der Waals surface area contributed by atoms with Gasteiger partial charge in [0, 0.05) is 32.2 Å². The minimum absolute atomic E-state index is 0.733. The Hall–Kier alpha value is -6.27. The minimum atomic E-state index is 0.733. The van der Waals surface area contributed by atoms with Crippen LogP contribution in [0.3, 0.4) is 0 Å². The lowest BCUT2D eigenvalue weighted by Crippen LogP contribution is -1.94. The Morgan fingerprint density at radius 2 is 0.846 bits per heavy atom. The molecule has 0 unspecified atom stereocenters. The summed E-state index contributed by atoms with van der Waals surface area (Å²) < 4.78 is 2.42. The summed E-state index contributed by atoms with van der Waals surface area (Å²) in [5.74, 6) is 0.733. The molecule has 0 saturated heterocycles. The van der Waals surface area contributed by atoms with Crippen LogP contribution in [0.25, 0.3) is 97.1 Å². The number of para-hydroxylation sites is 1. The number of nitrogens with zero attached hydrogens (tertiary/aromatic N) is 3. The van der Waals surface area contributed by atoms with Gasteiger partial charge in [0.15, 0.2) is 5.82 Å². The van der Waals surface area contributed by atoms with E-state index in [9.17, 15) is 0 Å². The highest BCUT2D eigenvalue weighted by molar-refractivity contribution is 7.25. The topological polar surface area (TPSA) is 38.7 Å². The average molecular weight is 700 g/mol. The quantitative estimate of drug-likeness (QED) is 0.173. The Balaban J connectivity index is 1.00. The number of thiazole rings is 1. The van der Waals surface area contributed by atoms with Crippen LogP contribution >= 0.6 is 22.7 Å². The molecular formula is C47H29N3S2. The molecule has 0 aliphatic rings. The van der Waals surface area contributed by atoms with Gasteiger partial charge >= 0.3 is 0 Å². The van der Waals surface area contributed by atoms with E-state index in [0.717, 1.165) is 60.1 Å². The maximum Gasteiger partial charge on any atom is 0.161 e. The van der Waals surface area contributed by atoms with E-state index >= 15 is 0 Å². The van der Waals surface area contributed by atoms with Gasteiger partial charge in [0.05, 0.1) is 15.9 Å². The van der Waals surface area contributed by atoms with Crippen molar-refractivity contribution in [2.45, 2.75) is 0 Å². The summed E-state index contributed by atoms with van der Waals surface area (Å²) in [7, 11) is 0. The first-order chi connectivity index (χ1) is 25.7. The van der Waals surface area contributed by atoms with E-state index in [1.54, 1.807) is 22.7 Å². The zero-order valence-electron chi connectivity index (χ0n) is 27.9. The highest BCUT2D eigenvalue weighted by Crippen LogP contribution is 2.40. The molecule has 0 bridgehead atoms. The van der Waals surface area contributed by atoms with Gasteiger partial charge in [0.2, 0.25) is 0 Å². The molecule has 3 heterocycles. The second-order valence-electron chi connectivity index (χ2n) is 12.9. The summed E-state index contributed by atoms with van der Waals surface area (Å²) in [6.45, 7) is 0. The largest absolute Gasteiger partial charge is 0.236 e. The molecule has 3 aromatic heterocycles. The molecule has 0 aliphatic carbocycles. The molecule has 5 heteroatoms. The molecular weight excluding hydrogens is 671 g/mol. The third-order valence-corrected chi connectivity index (χ3v) is 11.7. The van der Waals surface area contributed by atoms with Crippen molar-refractivity contribution in [1.82, 2.24) is 15.0 Å². The first kappa shape index (κ1) is 30.5. The Morgan fingerprint density at radius 1 is 0.346 bits per heavy atom. The summed E-state index contributed by atoms with van der Waals surface area (Å²) in [6.07, 6.45) is 0. The van der Waals surface area contributed by atoms with Gasteiger partial charge in [-0.25, -0.2) is 15.0 Å². The lowest BCUT2D eigenvalue weighted by molar-refractivity contribution is 1.24. The van der Waals surface area contributed by atoms with Crippen molar-refractivity contribution in [1.29, 1.82) is 0 Å². The van der Waals surface area contributed by atoms with E-state index in [4.69, 9.17) is 15.0 Å². The fraction of sp³-hybridized carbons (Fsp3) is 0. The fourth-order valence-electron chi connectivity index (χ4n) is 6.98. The molecule has 7 aromatic carbocycles. The first-order valence-corrected chi connectivity index (χ1v) is 18.9. The van der Waals surface area contributed by atoms with E-state index in [1.165, 1.54) is 37.0 Å². The van der Waals surface area contributed by atoms with E-state index in [-0.39, 0.29) is 0 Å². The van der Waals surface area contributed by atoms with Crippen LogP contribution in [0.4, 0.5) is 0 Å². The summed E-state index contributed by atoms with van der Waals surface area (Å²) >= 11 is 3.46. The second-order valence-corrected chi connectivity index (χ2v) is 14.9. The Bertz CT molecular complexity index is 2890. The number of benzene rings is 7. The van der Waals surface area contributed by atoms with Gasteiger partial charge in [0.1, 0.15) is 9.84 Å². The van der Waals surface area contributed by atoms with Crippen molar-refractivity contribution in [3.8, 4) is 66.6 Å². The molecule has 0 atom stereocenters. The molecule has 244 valence electrons.